The molecule has 1 aromatic heterocycles. The molecule has 0 radical (unpaired) electrons. The normalized spacial score (nSPS) is 7.23. The van der Waals surface area contributed by atoms with Crippen molar-refractivity contribution in [3.8, 4) is 0 Å². The Morgan fingerprint density at radius 1 is 1.23 bits per heavy atom. The zero-order valence-corrected chi connectivity index (χ0v) is 9.81. The number of rotatable bonds is 1. The molecule has 1 N–H and O–H groups in total. The Labute approximate surface area is 86.3 Å². The summed E-state index contributed by atoms with van der Waals surface area (Å²) in [6, 6.07) is 3.62. The Hall–Kier alpha value is -0.760. The maximum absolute atomic E-state index is 5.57. The fraction of sp³-hybridized carbons (Fsp3) is 0.500. The average Bonchev–Trinajstić information content (AvgIpc) is 2.24. The highest BCUT2D eigenvalue weighted by Crippen LogP contribution is 2.09. The molecule has 3 heteroatoms. The van der Waals surface area contributed by atoms with Crippen LogP contribution in [0.3, 0.4) is 0 Å². The molecule has 1 aromatic rings. The molecule has 0 saturated carbocycles. The zero-order chi connectivity index (χ0) is 10.7. The van der Waals surface area contributed by atoms with Gasteiger partial charge in [-0.15, -0.1) is 0 Å². The quantitative estimate of drug-likeness (QED) is 0.701. The van der Waals surface area contributed by atoms with Crippen LogP contribution in [0.4, 0.5) is 5.69 Å². The molecule has 0 spiro atoms. The highest BCUT2D eigenvalue weighted by molar-refractivity contribution is 6.29. The second kappa shape index (κ2) is 11.2. The van der Waals surface area contributed by atoms with Crippen molar-refractivity contribution in [2.75, 3.05) is 12.4 Å². The standard InChI is InChI=1S/C6H7ClN2.2C2H6/c1-8-5-2-3-9-6(7)4-5;2*1-2/h2-4H,1H3,(H,8,9);2*1-2H3. The fourth-order valence-corrected chi connectivity index (χ4v) is 0.732. The van der Waals surface area contributed by atoms with Crippen molar-refractivity contribution in [3.63, 3.8) is 0 Å². The molecule has 0 unspecified atom stereocenters. The van der Waals surface area contributed by atoms with Crippen molar-refractivity contribution >= 4 is 17.3 Å². The van der Waals surface area contributed by atoms with Gasteiger partial charge in [0.05, 0.1) is 0 Å². The summed E-state index contributed by atoms with van der Waals surface area (Å²) in [7, 11) is 1.84. The molecule has 0 fully saturated rings. The van der Waals surface area contributed by atoms with Crippen LogP contribution in [0.2, 0.25) is 5.15 Å². The van der Waals surface area contributed by atoms with Crippen molar-refractivity contribution in [1.29, 1.82) is 0 Å². The number of nitrogens with one attached hydrogen (secondary N) is 1. The van der Waals surface area contributed by atoms with Gasteiger partial charge in [0.1, 0.15) is 5.15 Å². The van der Waals surface area contributed by atoms with Gasteiger partial charge in [0, 0.05) is 18.9 Å². The van der Waals surface area contributed by atoms with E-state index in [-0.39, 0.29) is 0 Å². The summed E-state index contributed by atoms with van der Waals surface area (Å²) in [5, 5.41) is 3.46. The number of hydrogen-bond acceptors (Lipinski definition) is 2. The SMILES string of the molecule is CC.CC.CNc1ccnc(Cl)c1. The van der Waals surface area contributed by atoms with E-state index in [2.05, 4.69) is 10.3 Å². The summed E-state index contributed by atoms with van der Waals surface area (Å²) in [5.41, 5.74) is 0.981. The van der Waals surface area contributed by atoms with Gasteiger partial charge >= 0.3 is 0 Å². The van der Waals surface area contributed by atoms with Gasteiger partial charge in [-0.1, -0.05) is 39.3 Å². The summed E-state index contributed by atoms with van der Waals surface area (Å²) in [6.07, 6.45) is 1.66. The monoisotopic (exact) mass is 202 g/mol. The van der Waals surface area contributed by atoms with Crippen LogP contribution in [0.25, 0.3) is 0 Å². The van der Waals surface area contributed by atoms with Gasteiger partial charge < -0.3 is 5.32 Å². The molecule has 0 aliphatic rings. The Bertz CT molecular complexity index is 202. The van der Waals surface area contributed by atoms with Crippen molar-refractivity contribution in [1.82, 2.24) is 4.98 Å². The van der Waals surface area contributed by atoms with E-state index in [1.165, 1.54) is 0 Å². The first kappa shape index (κ1) is 14.7. The van der Waals surface area contributed by atoms with E-state index in [4.69, 9.17) is 11.6 Å². The molecule has 13 heavy (non-hydrogen) atoms. The summed E-state index contributed by atoms with van der Waals surface area (Å²) in [4.78, 5) is 3.81. The fourth-order valence-electron chi connectivity index (χ4n) is 0.558. The summed E-state index contributed by atoms with van der Waals surface area (Å²) >= 11 is 5.57. The first-order chi connectivity index (χ1) is 6.33. The van der Waals surface area contributed by atoms with Crippen LogP contribution >= 0.6 is 11.6 Å². The number of halogens is 1. The third kappa shape index (κ3) is 7.60. The summed E-state index contributed by atoms with van der Waals surface area (Å²) < 4.78 is 0. The first-order valence-electron chi connectivity index (χ1n) is 4.62. The van der Waals surface area contributed by atoms with E-state index in [1.807, 2.05) is 40.8 Å². The number of anilines is 1. The van der Waals surface area contributed by atoms with E-state index < -0.39 is 0 Å². The van der Waals surface area contributed by atoms with Gasteiger partial charge in [0.25, 0.3) is 0 Å². The van der Waals surface area contributed by atoms with E-state index in [0.29, 0.717) is 5.15 Å². The molecule has 0 aliphatic carbocycles. The van der Waals surface area contributed by atoms with Crippen molar-refractivity contribution in [3.05, 3.63) is 23.5 Å². The second-order valence-corrected chi connectivity index (χ2v) is 2.00. The van der Waals surface area contributed by atoms with Gasteiger partial charge in [-0.25, -0.2) is 4.98 Å². The van der Waals surface area contributed by atoms with Crippen molar-refractivity contribution < 1.29 is 0 Å². The van der Waals surface area contributed by atoms with Crippen LogP contribution in [-0.2, 0) is 0 Å². The number of nitrogens with zero attached hydrogens (tertiary/aromatic N) is 1. The predicted molar refractivity (Wildman–Crippen MR) is 61.5 cm³/mol. The minimum atomic E-state index is 0.516. The molecular formula is C10H19ClN2. The number of hydrogen-bond donors (Lipinski definition) is 1. The molecule has 0 atom stereocenters. The molecule has 0 bridgehead atoms. The lowest BCUT2D eigenvalue weighted by atomic mass is 10.4. The first-order valence-corrected chi connectivity index (χ1v) is 5.00. The molecule has 0 aromatic carbocycles. The smallest absolute Gasteiger partial charge is 0.131 e. The summed E-state index contributed by atoms with van der Waals surface area (Å²) in [6.45, 7) is 8.00. The zero-order valence-electron chi connectivity index (χ0n) is 9.06. The van der Waals surface area contributed by atoms with Crippen LogP contribution in [0.15, 0.2) is 18.3 Å². The Morgan fingerprint density at radius 2 is 1.77 bits per heavy atom. The highest BCUT2D eigenvalue weighted by atomic mass is 35.5. The van der Waals surface area contributed by atoms with E-state index in [1.54, 1.807) is 12.3 Å². The van der Waals surface area contributed by atoms with Crippen LogP contribution in [0.5, 0.6) is 0 Å². The topological polar surface area (TPSA) is 24.9 Å². The van der Waals surface area contributed by atoms with E-state index in [9.17, 15) is 0 Å². The molecule has 1 rings (SSSR count). The Kier molecular flexibility index (Phi) is 12.8. The maximum atomic E-state index is 5.57. The third-order valence-corrected chi connectivity index (χ3v) is 1.22. The largest absolute Gasteiger partial charge is 0.388 e. The molecule has 0 aliphatic heterocycles. The van der Waals surface area contributed by atoms with Gasteiger partial charge in [-0.05, 0) is 12.1 Å². The van der Waals surface area contributed by atoms with E-state index >= 15 is 0 Å². The number of pyridine rings is 1. The molecule has 2 nitrogen and oxygen atoms in total. The molecule has 0 saturated heterocycles. The van der Waals surface area contributed by atoms with Gasteiger partial charge in [0.15, 0.2) is 0 Å². The second-order valence-electron chi connectivity index (χ2n) is 1.62. The Balaban J connectivity index is 0. The minimum Gasteiger partial charge on any atom is -0.388 e. The lowest BCUT2D eigenvalue weighted by molar-refractivity contribution is 1.32. The molecule has 0 amide bonds. The highest BCUT2D eigenvalue weighted by Gasteiger charge is 1.88. The van der Waals surface area contributed by atoms with Crippen LogP contribution in [0.1, 0.15) is 27.7 Å². The van der Waals surface area contributed by atoms with Gasteiger partial charge in [0.2, 0.25) is 0 Å². The van der Waals surface area contributed by atoms with Crippen molar-refractivity contribution in [2.45, 2.75) is 27.7 Å². The lowest BCUT2D eigenvalue weighted by Gasteiger charge is -1.96. The maximum Gasteiger partial charge on any atom is 0.131 e. The third-order valence-electron chi connectivity index (χ3n) is 1.02. The van der Waals surface area contributed by atoms with Gasteiger partial charge in [-0.3, -0.25) is 0 Å². The van der Waals surface area contributed by atoms with Crippen LogP contribution in [-0.4, -0.2) is 12.0 Å². The molecule has 1 heterocycles. The predicted octanol–water partition coefficient (Wildman–Crippen LogP) is 3.83. The minimum absolute atomic E-state index is 0.516. The summed E-state index contributed by atoms with van der Waals surface area (Å²) in [5.74, 6) is 0. The van der Waals surface area contributed by atoms with Crippen molar-refractivity contribution in [2.24, 2.45) is 0 Å². The average molecular weight is 203 g/mol. The van der Waals surface area contributed by atoms with Gasteiger partial charge in [-0.2, -0.15) is 0 Å². The number of aromatic nitrogens is 1. The molecule has 76 valence electrons. The lowest BCUT2D eigenvalue weighted by Crippen LogP contribution is -1.86. The Morgan fingerprint density at radius 3 is 2.08 bits per heavy atom. The van der Waals surface area contributed by atoms with E-state index in [0.717, 1.165) is 5.69 Å². The van der Waals surface area contributed by atoms with Crippen LogP contribution in [0, 0.1) is 0 Å². The van der Waals surface area contributed by atoms with Crippen LogP contribution < -0.4 is 5.32 Å². The molecular weight excluding hydrogens is 184 g/mol.